The van der Waals surface area contributed by atoms with Crippen LogP contribution in [0.5, 0.6) is 5.75 Å². The third-order valence-electron chi connectivity index (χ3n) is 4.28. The molecule has 0 unspecified atom stereocenters. The van der Waals surface area contributed by atoms with Gasteiger partial charge in [-0.05, 0) is 48.0 Å². The van der Waals surface area contributed by atoms with E-state index in [1.54, 1.807) is 12.1 Å². The maximum atomic E-state index is 12.8. The molecular weight excluding hydrogens is 350 g/mol. The molecule has 1 heterocycles. The Morgan fingerprint density at radius 2 is 1.63 bits per heavy atom. The minimum absolute atomic E-state index is 0.0828. The quantitative estimate of drug-likeness (QED) is 0.333. The van der Waals surface area contributed by atoms with Gasteiger partial charge in [-0.2, -0.15) is 10.1 Å². The molecule has 0 aromatic heterocycles. The zero-order valence-electron chi connectivity index (χ0n) is 13.7. The number of phenolic OH excluding ortho intramolecular Hbond substituents is 1. The van der Waals surface area contributed by atoms with Crippen molar-refractivity contribution >= 4 is 34.5 Å². The summed E-state index contributed by atoms with van der Waals surface area (Å²) < 4.78 is 0. The van der Waals surface area contributed by atoms with Gasteiger partial charge >= 0.3 is 0 Å². The maximum absolute atomic E-state index is 12.8. The van der Waals surface area contributed by atoms with E-state index in [1.807, 2.05) is 0 Å². The molecule has 2 amide bonds. The van der Waals surface area contributed by atoms with Crippen LogP contribution >= 0.6 is 0 Å². The number of imide groups is 1. The third kappa shape index (κ3) is 2.60. The largest absolute Gasteiger partial charge is 0.508 e. The Morgan fingerprint density at radius 1 is 0.963 bits per heavy atom. The van der Waals surface area contributed by atoms with E-state index in [0.717, 1.165) is 5.01 Å². The molecule has 132 valence electrons. The molecule has 0 saturated carbocycles. The maximum Gasteiger partial charge on any atom is 0.282 e. The molecule has 1 aliphatic rings. The highest BCUT2D eigenvalue weighted by molar-refractivity contribution is 6.26. The number of benzene rings is 3. The number of amides is 2. The van der Waals surface area contributed by atoms with Gasteiger partial charge in [0.05, 0.1) is 27.7 Å². The fourth-order valence-electron chi connectivity index (χ4n) is 3.02. The van der Waals surface area contributed by atoms with Crippen LogP contribution in [0.15, 0.2) is 59.7 Å². The molecule has 3 aromatic rings. The molecule has 27 heavy (non-hydrogen) atoms. The average Bonchev–Trinajstić information content (AvgIpc) is 2.66. The molecular formula is C19H11N3O5. The lowest BCUT2D eigenvalue weighted by Crippen LogP contribution is -2.36. The molecule has 0 fully saturated rings. The number of nitro benzene ring substituents is 1. The molecule has 0 saturated heterocycles. The lowest BCUT2D eigenvalue weighted by Gasteiger charge is -2.22. The van der Waals surface area contributed by atoms with Crippen molar-refractivity contribution in [3.05, 3.63) is 81.4 Å². The number of aromatic hydroxyl groups is 1. The van der Waals surface area contributed by atoms with Gasteiger partial charge < -0.3 is 5.11 Å². The van der Waals surface area contributed by atoms with Crippen molar-refractivity contribution in [2.24, 2.45) is 5.10 Å². The summed E-state index contributed by atoms with van der Waals surface area (Å²) in [5, 5.41) is 25.8. The lowest BCUT2D eigenvalue weighted by atomic mass is 9.94. The summed E-state index contributed by atoms with van der Waals surface area (Å²) in [6.07, 6.45) is 1.33. The first-order valence-corrected chi connectivity index (χ1v) is 7.89. The van der Waals surface area contributed by atoms with Gasteiger partial charge in [0.25, 0.3) is 17.5 Å². The fraction of sp³-hybridized carbons (Fsp3) is 0. The van der Waals surface area contributed by atoms with Crippen molar-refractivity contribution < 1.29 is 19.6 Å². The molecule has 1 N–H and O–H groups in total. The molecule has 1 aliphatic heterocycles. The zero-order valence-corrected chi connectivity index (χ0v) is 13.7. The molecule has 0 aliphatic carbocycles. The number of nitrogens with zero attached hydrogens (tertiary/aromatic N) is 3. The second-order valence-corrected chi connectivity index (χ2v) is 5.88. The van der Waals surface area contributed by atoms with E-state index < -0.39 is 16.7 Å². The standard InChI is InChI=1S/C19H11N3O5/c23-12-6-4-11(5-7-12)10-20-21-18(24)14-3-1-2-13-16(22(26)27)9-8-15(17(13)14)19(21)25/h1-10,23H. The summed E-state index contributed by atoms with van der Waals surface area (Å²) >= 11 is 0. The van der Waals surface area contributed by atoms with Crippen molar-refractivity contribution in [2.75, 3.05) is 0 Å². The predicted molar refractivity (Wildman–Crippen MR) is 96.8 cm³/mol. The number of carbonyl (C=O) groups is 2. The number of phenols is 1. The highest BCUT2D eigenvalue weighted by Crippen LogP contribution is 2.35. The summed E-state index contributed by atoms with van der Waals surface area (Å²) in [5.74, 6) is -1.23. The Bertz CT molecular complexity index is 1130. The average molecular weight is 361 g/mol. The summed E-state index contributed by atoms with van der Waals surface area (Å²) in [7, 11) is 0. The van der Waals surface area contributed by atoms with Crippen LogP contribution in [0.25, 0.3) is 10.8 Å². The monoisotopic (exact) mass is 361 g/mol. The first-order chi connectivity index (χ1) is 13.0. The van der Waals surface area contributed by atoms with Crippen LogP contribution in [0.1, 0.15) is 26.3 Å². The van der Waals surface area contributed by atoms with Gasteiger partial charge in [0.1, 0.15) is 5.75 Å². The van der Waals surface area contributed by atoms with Gasteiger partial charge in [-0.25, -0.2) is 0 Å². The van der Waals surface area contributed by atoms with Crippen LogP contribution in [0.2, 0.25) is 0 Å². The van der Waals surface area contributed by atoms with E-state index in [1.165, 1.54) is 48.7 Å². The van der Waals surface area contributed by atoms with Gasteiger partial charge in [0, 0.05) is 11.5 Å². The van der Waals surface area contributed by atoms with Crippen LogP contribution in [0.4, 0.5) is 5.69 Å². The number of rotatable bonds is 3. The summed E-state index contributed by atoms with van der Waals surface area (Å²) in [6, 6.07) is 13.2. The van der Waals surface area contributed by atoms with Crippen molar-refractivity contribution in [1.29, 1.82) is 0 Å². The smallest absolute Gasteiger partial charge is 0.282 e. The van der Waals surface area contributed by atoms with Crippen LogP contribution in [0.3, 0.4) is 0 Å². The van der Waals surface area contributed by atoms with Crippen LogP contribution in [-0.2, 0) is 0 Å². The van der Waals surface area contributed by atoms with Crippen LogP contribution in [0, 0.1) is 10.1 Å². The minimum Gasteiger partial charge on any atom is -0.508 e. The molecule has 0 spiro atoms. The molecule has 4 rings (SSSR count). The van der Waals surface area contributed by atoms with E-state index in [0.29, 0.717) is 5.56 Å². The first kappa shape index (κ1) is 16.4. The second-order valence-electron chi connectivity index (χ2n) is 5.88. The van der Waals surface area contributed by atoms with Crippen molar-refractivity contribution in [2.45, 2.75) is 0 Å². The number of carbonyl (C=O) groups excluding carboxylic acids is 2. The van der Waals surface area contributed by atoms with E-state index in [2.05, 4.69) is 5.10 Å². The van der Waals surface area contributed by atoms with Gasteiger partial charge in [0.15, 0.2) is 0 Å². The normalized spacial score (nSPS) is 13.6. The Hall–Kier alpha value is -4.07. The molecule has 8 nitrogen and oxygen atoms in total. The van der Waals surface area contributed by atoms with Crippen molar-refractivity contribution in [1.82, 2.24) is 5.01 Å². The highest BCUT2D eigenvalue weighted by Gasteiger charge is 2.34. The minimum atomic E-state index is -0.659. The summed E-state index contributed by atoms with van der Waals surface area (Å²) in [4.78, 5) is 36.2. The van der Waals surface area contributed by atoms with Gasteiger partial charge in [-0.3, -0.25) is 19.7 Å². The molecule has 0 bridgehead atoms. The number of hydrazone groups is 1. The van der Waals surface area contributed by atoms with E-state index in [9.17, 15) is 24.8 Å². The number of hydrogen-bond acceptors (Lipinski definition) is 6. The van der Waals surface area contributed by atoms with Gasteiger partial charge in [-0.15, -0.1) is 0 Å². The number of nitro groups is 1. The first-order valence-electron chi connectivity index (χ1n) is 7.89. The highest BCUT2D eigenvalue weighted by atomic mass is 16.6. The molecule has 3 aromatic carbocycles. The van der Waals surface area contributed by atoms with E-state index in [-0.39, 0.29) is 33.3 Å². The molecule has 0 radical (unpaired) electrons. The van der Waals surface area contributed by atoms with Crippen molar-refractivity contribution in [3.8, 4) is 5.75 Å². The summed E-state index contributed by atoms with van der Waals surface area (Å²) in [6.45, 7) is 0. The molecule has 8 heteroatoms. The lowest BCUT2D eigenvalue weighted by molar-refractivity contribution is -0.383. The SMILES string of the molecule is O=C1c2cccc3c([N+](=O)[O-])ccc(c23)C(=O)N1N=Cc1ccc(O)cc1. The van der Waals surface area contributed by atoms with E-state index in [4.69, 9.17) is 0 Å². The Labute approximate surface area is 152 Å². The second kappa shape index (κ2) is 6.03. The number of non-ortho nitro benzene ring substituents is 1. The van der Waals surface area contributed by atoms with Gasteiger partial charge in [-0.1, -0.05) is 6.07 Å². The number of hydrogen-bond donors (Lipinski definition) is 1. The predicted octanol–water partition coefficient (Wildman–Crippen LogP) is 3.08. The van der Waals surface area contributed by atoms with Crippen molar-refractivity contribution in [3.63, 3.8) is 0 Å². The Balaban J connectivity index is 1.82. The summed E-state index contributed by atoms with van der Waals surface area (Å²) in [5.41, 5.74) is 0.765. The fourth-order valence-corrected chi connectivity index (χ4v) is 3.02. The van der Waals surface area contributed by atoms with E-state index >= 15 is 0 Å². The molecule has 0 atom stereocenters. The Morgan fingerprint density at radius 3 is 2.30 bits per heavy atom. The third-order valence-corrected chi connectivity index (χ3v) is 4.28. The van der Waals surface area contributed by atoms with Crippen LogP contribution in [-0.4, -0.2) is 33.1 Å². The Kier molecular flexibility index (Phi) is 3.66. The zero-order chi connectivity index (χ0) is 19.1. The van der Waals surface area contributed by atoms with Crippen LogP contribution < -0.4 is 0 Å². The topological polar surface area (TPSA) is 113 Å². The van der Waals surface area contributed by atoms with Gasteiger partial charge in [0.2, 0.25) is 0 Å².